The summed E-state index contributed by atoms with van der Waals surface area (Å²) in [7, 11) is 0. The van der Waals surface area contributed by atoms with Crippen LogP contribution in [0.1, 0.15) is 0 Å². The number of benzene rings is 5. The number of imidazole rings is 1. The Balaban J connectivity index is 1.39. The summed E-state index contributed by atoms with van der Waals surface area (Å²) in [5, 5.41) is 15.7. The second-order valence-corrected chi connectivity index (χ2v) is 12.0. The van der Waals surface area contributed by atoms with Crippen LogP contribution in [-0.4, -0.2) is 30.3 Å². The molecule has 0 radical (unpaired) electrons. The molecule has 5 heterocycles. The summed E-state index contributed by atoms with van der Waals surface area (Å²) in [4.78, 5) is 14.6. The minimum absolute atomic E-state index is 0.375. The monoisotopic (exact) mass is 600 g/mol. The Morgan fingerprint density at radius 2 is 1.47 bits per heavy atom. The molecule has 0 saturated heterocycles. The van der Waals surface area contributed by atoms with Gasteiger partial charge in [0.25, 0.3) is 5.89 Å². The Labute approximate surface area is 258 Å². The van der Waals surface area contributed by atoms with E-state index in [9.17, 15) is 0 Å². The average Bonchev–Trinajstić information content (AvgIpc) is 3.91. The Bertz CT molecular complexity index is 2640. The standard InChI is InChI=1S/C36H20N6O2S/c1-8-16-28-19(9-1)17-29(45-28)21-18-27-31(34(42-44-27)36-39-25-14-6-7-15-26(25)43-36)32(35-37-23-12-4-5-13-24(23)38-35)30(21)33-20-10-2-3-11-22(20)40-41-33/h1-18H,(H,37,38)(H,40,41). The zero-order valence-electron chi connectivity index (χ0n) is 23.4. The van der Waals surface area contributed by atoms with Crippen LogP contribution in [0.3, 0.4) is 0 Å². The van der Waals surface area contributed by atoms with Gasteiger partial charge in [0, 0.05) is 31.7 Å². The van der Waals surface area contributed by atoms with Crippen LogP contribution in [0.5, 0.6) is 0 Å². The number of hydrogen-bond acceptors (Lipinski definition) is 7. The van der Waals surface area contributed by atoms with Crippen LogP contribution in [0.15, 0.2) is 118 Å². The average molecular weight is 601 g/mol. The highest BCUT2D eigenvalue weighted by Gasteiger charge is 2.30. The smallest absolute Gasteiger partial charge is 0.250 e. The Morgan fingerprint density at radius 3 is 2.36 bits per heavy atom. The molecule has 10 aromatic rings. The van der Waals surface area contributed by atoms with Gasteiger partial charge in [-0.25, -0.2) is 9.97 Å². The molecule has 45 heavy (non-hydrogen) atoms. The maximum Gasteiger partial charge on any atom is 0.250 e. The number of para-hydroxylation sites is 5. The lowest BCUT2D eigenvalue weighted by atomic mass is 9.91. The van der Waals surface area contributed by atoms with E-state index in [0.29, 0.717) is 28.6 Å². The van der Waals surface area contributed by atoms with Crippen molar-refractivity contribution < 1.29 is 8.94 Å². The third-order valence-electron chi connectivity index (χ3n) is 8.28. The number of fused-ring (bicyclic) bond motifs is 5. The molecule has 0 saturated carbocycles. The lowest BCUT2D eigenvalue weighted by molar-refractivity contribution is 0.455. The molecule has 0 spiro atoms. The van der Waals surface area contributed by atoms with Gasteiger partial charge in [0.15, 0.2) is 16.9 Å². The number of nitrogens with one attached hydrogen (secondary N) is 2. The topological polar surface area (TPSA) is 109 Å². The van der Waals surface area contributed by atoms with E-state index in [0.717, 1.165) is 60.1 Å². The van der Waals surface area contributed by atoms with Crippen molar-refractivity contribution in [1.82, 2.24) is 30.3 Å². The quantitative estimate of drug-likeness (QED) is 0.208. The van der Waals surface area contributed by atoms with Gasteiger partial charge in [0.05, 0.1) is 21.9 Å². The predicted molar refractivity (Wildman–Crippen MR) is 178 cm³/mol. The fourth-order valence-corrected chi connectivity index (χ4v) is 7.33. The number of oxazole rings is 1. The van der Waals surface area contributed by atoms with Gasteiger partial charge in [-0.3, -0.25) is 5.10 Å². The molecule has 8 nitrogen and oxygen atoms in total. The van der Waals surface area contributed by atoms with E-state index in [-0.39, 0.29) is 0 Å². The van der Waals surface area contributed by atoms with Crippen molar-refractivity contribution in [3.8, 4) is 44.7 Å². The summed E-state index contributed by atoms with van der Waals surface area (Å²) in [6.07, 6.45) is 0. The SMILES string of the molecule is c1ccc2sc(-c3cc4onc(-c5nc6ccccc6o5)c4c(-c4nc5ccccc5[nH]4)c3-c3n[nH]c4ccccc34)cc2c1. The molecule has 212 valence electrons. The van der Waals surface area contributed by atoms with Crippen molar-refractivity contribution in [3.05, 3.63) is 109 Å². The molecule has 0 amide bonds. The van der Waals surface area contributed by atoms with Crippen LogP contribution < -0.4 is 0 Å². The summed E-state index contributed by atoms with van der Waals surface area (Å²) in [6.45, 7) is 0. The molecule has 0 unspecified atom stereocenters. The zero-order valence-corrected chi connectivity index (χ0v) is 24.2. The van der Waals surface area contributed by atoms with Crippen molar-refractivity contribution in [2.45, 2.75) is 0 Å². The molecule has 0 aliphatic carbocycles. The van der Waals surface area contributed by atoms with Gasteiger partial charge in [-0.1, -0.05) is 65.8 Å². The van der Waals surface area contributed by atoms with E-state index >= 15 is 0 Å². The summed E-state index contributed by atoms with van der Waals surface area (Å²) in [5.41, 5.74) is 8.73. The number of H-pyrrole nitrogens is 2. The first-order valence-electron chi connectivity index (χ1n) is 14.5. The van der Waals surface area contributed by atoms with E-state index in [4.69, 9.17) is 24.0 Å². The molecular formula is C36H20N6O2S. The number of nitrogens with zero attached hydrogens (tertiary/aromatic N) is 4. The molecule has 5 aromatic carbocycles. The van der Waals surface area contributed by atoms with E-state index in [1.807, 2.05) is 66.7 Å². The van der Waals surface area contributed by atoms with Crippen LogP contribution in [0.2, 0.25) is 0 Å². The normalized spacial score (nSPS) is 12.0. The zero-order chi connectivity index (χ0) is 29.5. The fourth-order valence-electron chi connectivity index (χ4n) is 6.24. The third-order valence-corrected chi connectivity index (χ3v) is 9.43. The number of aromatic amines is 2. The van der Waals surface area contributed by atoms with Crippen LogP contribution in [0, 0.1) is 0 Å². The largest absolute Gasteiger partial charge is 0.435 e. The molecule has 2 N–H and O–H groups in total. The van der Waals surface area contributed by atoms with Crippen molar-refractivity contribution in [2.75, 3.05) is 0 Å². The first kappa shape index (κ1) is 24.4. The number of thiophene rings is 1. The molecule has 0 atom stereocenters. The second-order valence-electron chi connectivity index (χ2n) is 10.9. The minimum atomic E-state index is 0.375. The van der Waals surface area contributed by atoms with Crippen LogP contribution in [-0.2, 0) is 0 Å². The van der Waals surface area contributed by atoms with E-state index in [1.165, 1.54) is 10.1 Å². The summed E-state index contributed by atoms with van der Waals surface area (Å²) in [6, 6.07) is 36.5. The molecule has 0 aliphatic rings. The summed E-state index contributed by atoms with van der Waals surface area (Å²) < 4.78 is 13.6. The molecule has 5 aromatic heterocycles. The number of aromatic nitrogens is 6. The van der Waals surface area contributed by atoms with E-state index < -0.39 is 0 Å². The molecule has 9 heteroatoms. The molecule has 0 aliphatic heterocycles. The van der Waals surface area contributed by atoms with Gasteiger partial charge in [0.2, 0.25) is 0 Å². The highest BCUT2D eigenvalue weighted by Crippen LogP contribution is 2.49. The molecule has 0 fully saturated rings. The van der Waals surface area contributed by atoms with Gasteiger partial charge in [-0.2, -0.15) is 5.10 Å². The van der Waals surface area contributed by atoms with Crippen LogP contribution in [0.4, 0.5) is 0 Å². The van der Waals surface area contributed by atoms with Crippen molar-refractivity contribution in [1.29, 1.82) is 0 Å². The summed E-state index contributed by atoms with van der Waals surface area (Å²) in [5.74, 6) is 1.05. The van der Waals surface area contributed by atoms with Gasteiger partial charge >= 0.3 is 0 Å². The maximum atomic E-state index is 6.24. The predicted octanol–water partition coefficient (Wildman–Crippen LogP) is 9.60. The highest BCUT2D eigenvalue weighted by atomic mass is 32.1. The van der Waals surface area contributed by atoms with E-state index in [2.05, 4.69) is 57.7 Å². The minimum Gasteiger partial charge on any atom is -0.435 e. The van der Waals surface area contributed by atoms with Crippen molar-refractivity contribution in [3.63, 3.8) is 0 Å². The lowest BCUT2D eigenvalue weighted by Crippen LogP contribution is -1.94. The fraction of sp³-hybridized carbons (Fsp3) is 0. The molecular weight excluding hydrogens is 581 g/mol. The third kappa shape index (κ3) is 3.65. The Kier molecular flexibility index (Phi) is 5.00. The van der Waals surface area contributed by atoms with Crippen LogP contribution >= 0.6 is 11.3 Å². The molecule has 10 rings (SSSR count). The second kappa shape index (κ2) is 9.22. The lowest BCUT2D eigenvalue weighted by Gasteiger charge is -2.13. The Morgan fingerprint density at radius 1 is 0.667 bits per heavy atom. The number of hydrogen-bond donors (Lipinski definition) is 2. The number of rotatable bonds is 4. The maximum absolute atomic E-state index is 6.24. The molecule has 0 bridgehead atoms. The van der Waals surface area contributed by atoms with Gasteiger partial charge in [0.1, 0.15) is 17.0 Å². The highest BCUT2D eigenvalue weighted by molar-refractivity contribution is 7.22. The van der Waals surface area contributed by atoms with Crippen molar-refractivity contribution >= 4 is 65.4 Å². The van der Waals surface area contributed by atoms with Gasteiger partial charge in [-0.05, 0) is 53.9 Å². The Hall–Kier alpha value is -6.06. The van der Waals surface area contributed by atoms with Crippen molar-refractivity contribution in [2.24, 2.45) is 0 Å². The summed E-state index contributed by atoms with van der Waals surface area (Å²) >= 11 is 1.73. The first-order chi connectivity index (χ1) is 22.3. The van der Waals surface area contributed by atoms with Gasteiger partial charge < -0.3 is 13.9 Å². The van der Waals surface area contributed by atoms with Crippen LogP contribution in [0.25, 0.3) is 98.8 Å². The van der Waals surface area contributed by atoms with E-state index in [1.54, 1.807) is 11.3 Å². The first-order valence-corrected chi connectivity index (χ1v) is 15.3. The van der Waals surface area contributed by atoms with Gasteiger partial charge in [-0.15, -0.1) is 11.3 Å².